The average molecular weight is 294 g/mol. The molecule has 0 bridgehead atoms. The van der Waals surface area contributed by atoms with Gasteiger partial charge in [0.1, 0.15) is 18.0 Å². The van der Waals surface area contributed by atoms with Gasteiger partial charge in [0.25, 0.3) is 0 Å². The molecule has 1 aromatic heterocycles. The Morgan fingerprint density at radius 1 is 1.38 bits per heavy atom. The van der Waals surface area contributed by atoms with Gasteiger partial charge in [-0.1, -0.05) is 13.8 Å². The average Bonchev–Trinajstić information content (AvgIpc) is 2.46. The van der Waals surface area contributed by atoms with Crippen LogP contribution in [0.1, 0.15) is 38.2 Å². The highest BCUT2D eigenvalue weighted by Gasteiger charge is 2.32. The zero-order chi connectivity index (χ0) is 15.5. The fourth-order valence-corrected chi connectivity index (χ4v) is 2.85. The molecular formula is C15H26N4O2. The zero-order valence-corrected chi connectivity index (χ0v) is 13.4. The van der Waals surface area contributed by atoms with E-state index in [4.69, 9.17) is 4.74 Å². The van der Waals surface area contributed by atoms with E-state index >= 15 is 0 Å². The van der Waals surface area contributed by atoms with Gasteiger partial charge in [0.2, 0.25) is 0 Å². The molecule has 6 heteroatoms. The fourth-order valence-electron chi connectivity index (χ4n) is 2.85. The van der Waals surface area contributed by atoms with Crippen LogP contribution in [0, 0.1) is 0 Å². The number of aliphatic hydroxyl groups is 1. The van der Waals surface area contributed by atoms with Crippen molar-refractivity contribution in [2.24, 2.45) is 0 Å². The number of hydrogen-bond acceptors (Lipinski definition) is 6. The number of aromatic nitrogens is 2. The van der Waals surface area contributed by atoms with Crippen molar-refractivity contribution in [3.05, 3.63) is 11.9 Å². The number of nitrogens with zero attached hydrogens (tertiary/aromatic N) is 3. The zero-order valence-electron chi connectivity index (χ0n) is 13.4. The van der Waals surface area contributed by atoms with E-state index in [2.05, 4.69) is 29.1 Å². The van der Waals surface area contributed by atoms with E-state index in [1.54, 1.807) is 6.33 Å². The number of ether oxygens (including phenoxy) is 1. The van der Waals surface area contributed by atoms with Crippen molar-refractivity contribution >= 4 is 11.6 Å². The van der Waals surface area contributed by atoms with Crippen molar-refractivity contribution in [3.8, 4) is 0 Å². The topological polar surface area (TPSA) is 70.5 Å². The first-order valence-electron chi connectivity index (χ1n) is 7.51. The minimum atomic E-state index is -0.702. The van der Waals surface area contributed by atoms with Crippen molar-refractivity contribution in [3.63, 3.8) is 0 Å². The third kappa shape index (κ3) is 3.63. The summed E-state index contributed by atoms with van der Waals surface area (Å²) in [6, 6.07) is 0. The second-order valence-electron chi connectivity index (χ2n) is 6.06. The van der Waals surface area contributed by atoms with Gasteiger partial charge in [-0.3, -0.25) is 0 Å². The van der Waals surface area contributed by atoms with Gasteiger partial charge in [0.15, 0.2) is 0 Å². The standard InChI is InChI=1S/C15H26N4O2/c1-11(2)12-13(16-3)17-10-18-14(12)19(4)9-15(20)5-7-21-8-6-15/h10-11,20H,5-9H2,1-4H3,(H,16,17,18). The summed E-state index contributed by atoms with van der Waals surface area (Å²) >= 11 is 0. The van der Waals surface area contributed by atoms with Gasteiger partial charge in [0, 0.05) is 52.3 Å². The number of hydrogen-bond donors (Lipinski definition) is 2. The summed E-state index contributed by atoms with van der Waals surface area (Å²) in [6.45, 7) is 6.04. The Morgan fingerprint density at radius 3 is 2.62 bits per heavy atom. The molecular weight excluding hydrogens is 268 g/mol. The molecule has 1 aliphatic rings. The monoisotopic (exact) mass is 294 g/mol. The van der Waals surface area contributed by atoms with Crippen molar-refractivity contribution in [2.45, 2.75) is 38.2 Å². The predicted molar refractivity (Wildman–Crippen MR) is 83.9 cm³/mol. The molecule has 118 valence electrons. The molecule has 6 nitrogen and oxygen atoms in total. The van der Waals surface area contributed by atoms with E-state index in [-0.39, 0.29) is 0 Å². The van der Waals surface area contributed by atoms with Crippen LogP contribution >= 0.6 is 0 Å². The van der Waals surface area contributed by atoms with E-state index in [1.807, 2.05) is 19.0 Å². The Hall–Kier alpha value is -1.40. The second-order valence-corrected chi connectivity index (χ2v) is 6.06. The van der Waals surface area contributed by atoms with Gasteiger partial charge in [-0.05, 0) is 5.92 Å². The van der Waals surface area contributed by atoms with Crippen LogP contribution in [0.2, 0.25) is 0 Å². The second kappa shape index (κ2) is 6.58. The molecule has 21 heavy (non-hydrogen) atoms. The SMILES string of the molecule is CNc1ncnc(N(C)CC2(O)CCOCC2)c1C(C)C. The van der Waals surface area contributed by atoms with Gasteiger partial charge >= 0.3 is 0 Å². The van der Waals surface area contributed by atoms with E-state index in [0.717, 1.165) is 17.2 Å². The first-order chi connectivity index (χ1) is 9.97. The number of likely N-dealkylation sites (N-methyl/N-ethyl adjacent to an activating group) is 1. The smallest absolute Gasteiger partial charge is 0.137 e. The molecule has 2 heterocycles. The Bertz CT molecular complexity index is 473. The van der Waals surface area contributed by atoms with Crippen LogP contribution in [0.5, 0.6) is 0 Å². The Kier molecular flexibility index (Phi) is 5.00. The summed E-state index contributed by atoms with van der Waals surface area (Å²) in [6.07, 6.45) is 2.90. The Labute approximate surface area is 126 Å². The highest BCUT2D eigenvalue weighted by Crippen LogP contribution is 2.31. The molecule has 0 atom stereocenters. The summed E-state index contributed by atoms with van der Waals surface area (Å²) in [4.78, 5) is 10.8. The van der Waals surface area contributed by atoms with Crippen LogP contribution < -0.4 is 10.2 Å². The van der Waals surface area contributed by atoms with Gasteiger partial charge in [-0.25, -0.2) is 9.97 Å². The highest BCUT2D eigenvalue weighted by atomic mass is 16.5. The van der Waals surface area contributed by atoms with E-state index in [0.29, 0.717) is 38.5 Å². The third-order valence-corrected chi connectivity index (χ3v) is 3.99. The third-order valence-electron chi connectivity index (χ3n) is 3.99. The lowest BCUT2D eigenvalue weighted by atomic mass is 9.93. The van der Waals surface area contributed by atoms with Gasteiger partial charge in [-0.2, -0.15) is 0 Å². The fraction of sp³-hybridized carbons (Fsp3) is 0.733. The van der Waals surface area contributed by atoms with Gasteiger partial charge in [-0.15, -0.1) is 0 Å². The maximum atomic E-state index is 10.7. The minimum Gasteiger partial charge on any atom is -0.388 e. The Morgan fingerprint density at radius 2 is 2.05 bits per heavy atom. The van der Waals surface area contributed by atoms with Crippen molar-refractivity contribution in [2.75, 3.05) is 44.1 Å². The summed E-state index contributed by atoms with van der Waals surface area (Å²) < 4.78 is 5.34. The van der Waals surface area contributed by atoms with Crippen LogP contribution in [-0.2, 0) is 4.74 Å². The number of rotatable bonds is 5. The van der Waals surface area contributed by atoms with Crippen LogP contribution in [-0.4, -0.2) is 54.5 Å². The molecule has 0 aliphatic carbocycles. The lowest BCUT2D eigenvalue weighted by Gasteiger charge is -2.36. The maximum Gasteiger partial charge on any atom is 0.137 e. The molecule has 1 saturated heterocycles. The van der Waals surface area contributed by atoms with E-state index < -0.39 is 5.60 Å². The van der Waals surface area contributed by atoms with Crippen LogP contribution in [0.3, 0.4) is 0 Å². The first-order valence-corrected chi connectivity index (χ1v) is 7.51. The lowest BCUT2D eigenvalue weighted by molar-refractivity contribution is -0.0573. The normalized spacial score (nSPS) is 17.8. The van der Waals surface area contributed by atoms with Crippen molar-refractivity contribution < 1.29 is 9.84 Å². The molecule has 0 amide bonds. The first kappa shape index (κ1) is 16.0. The van der Waals surface area contributed by atoms with E-state index in [9.17, 15) is 5.11 Å². The highest BCUT2D eigenvalue weighted by molar-refractivity contribution is 5.59. The van der Waals surface area contributed by atoms with Crippen molar-refractivity contribution in [1.82, 2.24) is 9.97 Å². The minimum absolute atomic E-state index is 0.301. The van der Waals surface area contributed by atoms with Gasteiger partial charge < -0.3 is 20.1 Å². The number of anilines is 2. The maximum absolute atomic E-state index is 10.7. The van der Waals surface area contributed by atoms with Gasteiger partial charge in [0.05, 0.1) is 5.60 Å². The molecule has 1 aliphatic heterocycles. The summed E-state index contributed by atoms with van der Waals surface area (Å²) in [7, 11) is 3.84. The lowest BCUT2D eigenvalue weighted by Crippen LogP contribution is -2.46. The molecule has 2 N–H and O–H groups in total. The summed E-state index contributed by atoms with van der Waals surface area (Å²) in [5.74, 6) is 2.03. The van der Waals surface area contributed by atoms with Crippen LogP contribution in [0.25, 0.3) is 0 Å². The molecule has 2 rings (SSSR count). The Balaban J connectivity index is 2.24. The molecule has 1 fully saturated rings. The number of nitrogens with one attached hydrogen (secondary N) is 1. The molecule has 0 unspecified atom stereocenters. The quantitative estimate of drug-likeness (QED) is 0.860. The van der Waals surface area contributed by atoms with Crippen molar-refractivity contribution in [1.29, 1.82) is 0 Å². The summed E-state index contributed by atoms with van der Waals surface area (Å²) in [5.41, 5.74) is 0.379. The molecule has 0 spiro atoms. The van der Waals surface area contributed by atoms with Crippen LogP contribution in [0.15, 0.2) is 6.33 Å². The summed E-state index contributed by atoms with van der Waals surface area (Å²) in [5, 5.41) is 13.8. The molecule has 0 aromatic carbocycles. The molecule has 0 saturated carbocycles. The molecule has 0 radical (unpaired) electrons. The van der Waals surface area contributed by atoms with Crippen LogP contribution in [0.4, 0.5) is 11.6 Å². The molecule has 1 aromatic rings. The largest absolute Gasteiger partial charge is 0.388 e. The van der Waals surface area contributed by atoms with E-state index in [1.165, 1.54) is 0 Å². The predicted octanol–water partition coefficient (Wildman–Crippen LogP) is 1.62.